The molecule has 0 fully saturated rings. The van der Waals surface area contributed by atoms with Gasteiger partial charge in [0.05, 0.1) is 11.3 Å². The van der Waals surface area contributed by atoms with Crippen molar-refractivity contribution in [1.29, 1.82) is 0 Å². The molecule has 0 radical (unpaired) electrons. The molecule has 0 aliphatic carbocycles. The molecule has 0 atom stereocenters. The number of ketones is 1. The number of nitrogens with one attached hydrogen (secondary N) is 1. The largest absolute Gasteiger partial charge is 0.456 e. The van der Waals surface area contributed by atoms with Crippen molar-refractivity contribution in [2.45, 2.75) is 6.54 Å². The summed E-state index contributed by atoms with van der Waals surface area (Å²) in [6.45, 7) is 0.416. The van der Waals surface area contributed by atoms with Crippen LogP contribution in [0.3, 0.4) is 0 Å². The van der Waals surface area contributed by atoms with E-state index in [1.54, 1.807) is 36.5 Å². The Bertz CT molecular complexity index is 1180. The van der Waals surface area contributed by atoms with Gasteiger partial charge in [-0.05, 0) is 35.9 Å². The second-order valence-corrected chi connectivity index (χ2v) is 7.39. The van der Waals surface area contributed by atoms with E-state index in [0.29, 0.717) is 22.0 Å². The summed E-state index contributed by atoms with van der Waals surface area (Å²) in [5.41, 5.74) is 2.21. The molecule has 0 unspecified atom stereocenters. The topological polar surface area (TPSA) is 77.4 Å². The lowest BCUT2D eigenvalue weighted by Gasteiger charge is -2.06. The number of nitrogens with zero attached hydrogens (tertiary/aromatic N) is 1. The van der Waals surface area contributed by atoms with Crippen molar-refractivity contribution in [3.63, 3.8) is 0 Å². The van der Waals surface area contributed by atoms with Crippen LogP contribution < -0.4 is 5.32 Å². The van der Waals surface area contributed by atoms with Crippen molar-refractivity contribution in [2.24, 2.45) is 0 Å². The number of carbonyl (C=O) groups excluding carboxylic acids is 3. The molecule has 3 aromatic rings. The van der Waals surface area contributed by atoms with Crippen molar-refractivity contribution in [1.82, 2.24) is 9.88 Å². The van der Waals surface area contributed by atoms with Gasteiger partial charge in [-0.15, -0.1) is 0 Å². The zero-order valence-electron chi connectivity index (χ0n) is 14.9. The van der Waals surface area contributed by atoms with E-state index in [2.05, 4.69) is 5.32 Å². The van der Waals surface area contributed by atoms with Gasteiger partial charge in [0, 0.05) is 39.8 Å². The van der Waals surface area contributed by atoms with Crippen molar-refractivity contribution in [2.75, 3.05) is 6.61 Å². The van der Waals surface area contributed by atoms with Gasteiger partial charge in [0.25, 0.3) is 11.7 Å². The molecule has 8 heteroatoms. The molecule has 0 saturated heterocycles. The Labute approximate surface area is 175 Å². The Morgan fingerprint density at radius 3 is 2.48 bits per heavy atom. The molecule has 0 bridgehead atoms. The van der Waals surface area contributed by atoms with Crippen LogP contribution >= 0.6 is 23.2 Å². The number of benzene rings is 2. The molecule has 2 aromatic carbocycles. The van der Waals surface area contributed by atoms with Crippen LogP contribution in [0.2, 0.25) is 10.0 Å². The number of hydrogen-bond donors (Lipinski definition) is 1. The second kappa shape index (κ2) is 7.73. The number of hydrogen-bond acceptors (Lipinski definition) is 4. The smallest absolute Gasteiger partial charge is 0.333 e. The van der Waals surface area contributed by atoms with Crippen LogP contribution in [-0.2, 0) is 20.9 Å². The number of rotatable bonds is 5. The molecular weight excluding hydrogens is 415 g/mol. The first-order chi connectivity index (χ1) is 13.9. The van der Waals surface area contributed by atoms with Crippen LogP contribution in [0.15, 0.2) is 60.4 Å². The van der Waals surface area contributed by atoms with Crippen molar-refractivity contribution >= 4 is 51.8 Å². The van der Waals surface area contributed by atoms with Gasteiger partial charge in [0.1, 0.15) is 6.61 Å². The summed E-state index contributed by atoms with van der Waals surface area (Å²) in [5.74, 6) is -2.13. The summed E-state index contributed by atoms with van der Waals surface area (Å²) >= 11 is 12.1. The molecule has 2 heterocycles. The van der Waals surface area contributed by atoms with E-state index in [-0.39, 0.29) is 17.9 Å². The molecule has 6 nitrogen and oxygen atoms in total. The second-order valence-electron chi connectivity index (χ2n) is 6.52. The zero-order chi connectivity index (χ0) is 20.5. The number of aromatic nitrogens is 1. The Morgan fingerprint density at radius 2 is 1.79 bits per heavy atom. The third-order valence-corrected chi connectivity index (χ3v) is 4.98. The van der Waals surface area contributed by atoms with Crippen LogP contribution in [0.5, 0.6) is 0 Å². The van der Waals surface area contributed by atoms with Gasteiger partial charge in [0.2, 0.25) is 0 Å². The standard InChI is InChI=1S/C21H14Cl2N2O4/c22-13-3-1-12(2-4-13)9-25-10-17(16-7-14(23)5-6-18(16)25)20(27)21(28)24-15-8-19(26)29-11-15/h1-8,10H,9,11H2,(H,24,28). The fourth-order valence-electron chi connectivity index (χ4n) is 3.14. The maximum Gasteiger partial charge on any atom is 0.333 e. The van der Waals surface area contributed by atoms with Gasteiger partial charge in [-0.25, -0.2) is 4.79 Å². The van der Waals surface area contributed by atoms with E-state index in [1.807, 2.05) is 16.7 Å². The highest BCUT2D eigenvalue weighted by Crippen LogP contribution is 2.26. The highest BCUT2D eigenvalue weighted by Gasteiger charge is 2.24. The minimum absolute atomic E-state index is 0.0675. The fraction of sp³-hybridized carbons (Fsp3) is 0.0952. The molecule has 29 heavy (non-hydrogen) atoms. The molecule has 0 saturated carbocycles. The summed E-state index contributed by atoms with van der Waals surface area (Å²) in [7, 11) is 0. The summed E-state index contributed by atoms with van der Waals surface area (Å²) in [5, 5.41) is 4.08. The number of amides is 1. The maximum atomic E-state index is 12.8. The van der Waals surface area contributed by atoms with Crippen molar-refractivity contribution in [3.05, 3.63) is 81.6 Å². The molecule has 0 spiro atoms. The SMILES string of the molecule is O=C1C=C(NC(=O)C(=O)c2cn(Cc3ccc(Cl)cc3)c3ccc(Cl)cc23)CO1. The van der Waals surface area contributed by atoms with Crippen LogP contribution in [0.4, 0.5) is 0 Å². The molecule has 1 aliphatic rings. The third-order valence-electron chi connectivity index (χ3n) is 4.50. The van der Waals surface area contributed by atoms with E-state index < -0.39 is 17.7 Å². The maximum absolute atomic E-state index is 12.8. The quantitative estimate of drug-likeness (QED) is 0.381. The minimum Gasteiger partial charge on any atom is -0.456 e. The van der Waals surface area contributed by atoms with E-state index in [0.717, 1.165) is 17.2 Å². The first-order valence-corrected chi connectivity index (χ1v) is 9.42. The third kappa shape index (κ3) is 4.04. The predicted molar refractivity (Wildman–Crippen MR) is 109 cm³/mol. The van der Waals surface area contributed by atoms with Crippen molar-refractivity contribution < 1.29 is 19.1 Å². The zero-order valence-corrected chi connectivity index (χ0v) is 16.5. The number of esters is 1. The van der Waals surface area contributed by atoms with Crippen LogP contribution in [-0.4, -0.2) is 28.8 Å². The van der Waals surface area contributed by atoms with Crippen LogP contribution in [0.1, 0.15) is 15.9 Å². The van der Waals surface area contributed by atoms with Crippen LogP contribution in [0, 0.1) is 0 Å². The minimum atomic E-state index is -0.847. The van der Waals surface area contributed by atoms with Gasteiger partial charge in [0.15, 0.2) is 0 Å². The molecule has 1 aliphatic heterocycles. The number of halogens is 2. The van der Waals surface area contributed by atoms with E-state index in [9.17, 15) is 14.4 Å². The van der Waals surface area contributed by atoms with Gasteiger partial charge in [-0.1, -0.05) is 35.3 Å². The summed E-state index contributed by atoms with van der Waals surface area (Å²) in [4.78, 5) is 36.3. The number of carbonyl (C=O) groups is 3. The van der Waals surface area contributed by atoms with Gasteiger partial charge >= 0.3 is 5.97 Å². The summed E-state index contributed by atoms with van der Waals surface area (Å²) < 4.78 is 6.60. The first-order valence-electron chi connectivity index (χ1n) is 8.66. The molecular formula is C21H14Cl2N2O4. The average molecular weight is 429 g/mol. The van der Waals surface area contributed by atoms with Gasteiger partial charge in [-0.3, -0.25) is 9.59 Å². The molecule has 1 N–H and O–H groups in total. The highest BCUT2D eigenvalue weighted by molar-refractivity contribution is 6.45. The normalized spacial score (nSPS) is 13.3. The van der Waals surface area contributed by atoms with Crippen LogP contribution in [0.25, 0.3) is 10.9 Å². The fourth-order valence-corrected chi connectivity index (χ4v) is 3.44. The number of fused-ring (bicyclic) bond motifs is 1. The molecule has 1 aromatic heterocycles. The van der Waals surface area contributed by atoms with E-state index in [4.69, 9.17) is 27.9 Å². The molecule has 4 rings (SSSR count). The highest BCUT2D eigenvalue weighted by atomic mass is 35.5. The number of Topliss-reactive ketones (excluding diaryl/α,β-unsaturated/α-hetero) is 1. The Morgan fingerprint density at radius 1 is 1.07 bits per heavy atom. The van der Waals surface area contributed by atoms with E-state index in [1.165, 1.54) is 0 Å². The molecule has 146 valence electrons. The van der Waals surface area contributed by atoms with Crippen molar-refractivity contribution in [3.8, 4) is 0 Å². The Balaban J connectivity index is 1.68. The van der Waals surface area contributed by atoms with E-state index >= 15 is 0 Å². The summed E-state index contributed by atoms with van der Waals surface area (Å²) in [6, 6.07) is 12.5. The average Bonchev–Trinajstić information content (AvgIpc) is 3.26. The Hall–Kier alpha value is -3.09. The number of ether oxygens (including phenoxy) is 1. The lowest BCUT2D eigenvalue weighted by atomic mass is 10.1. The molecule has 1 amide bonds. The summed E-state index contributed by atoms with van der Waals surface area (Å²) in [6.07, 6.45) is 2.77. The lowest BCUT2D eigenvalue weighted by molar-refractivity contribution is -0.135. The Kier molecular flexibility index (Phi) is 5.13. The first kappa shape index (κ1) is 19.2. The van der Waals surface area contributed by atoms with Gasteiger partial charge in [-0.2, -0.15) is 0 Å². The predicted octanol–water partition coefficient (Wildman–Crippen LogP) is 3.74. The number of cyclic esters (lactones) is 1. The lowest BCUT2D eigenvalue weighted by Crippen LogP contribution is -2.31. The monoisotopic (exact) mass is 428 g/mol. The van der Waals surface area contributed by atoms with Gasteiger partial charge < -0.3 is 14.6 Å².